The highest BCUT2D eigenvalue weighted by molar-refractivity contribution is 7.21. The first kappa shape index (κ1) is 29.6. The van der Waals surface area contributed by atoms with Crippen molar-refractivity contribution in [2.75, 3.05) is 43.1 Å². The van der Waals surface area contributed by atoms with Crippen molar-refractivity contribution >= 4 is 33.3 Å². The maximum absolute atomic E-state index is 11.1. The van der Waals surface area contributed by atoms with Gasteiger partial charge in [-0.05, 0) is 59.4 Å². The lowest BCUT2D eigenvalue weighted by atomic mass is 9.88. The van der Waals surface area contributed by atoms with E-state index in [-0.39, 0.29) is 6.10 Å². The average molecular weight is 599 g/mol. The summed E-state index contributed by atoms with van der Waals surface area (Å²) in [4.78, 5) is 21.7. The molecule has 0 aromatic carbocycles. The smallest absolute Gasteiger partial charge is 0.227 e. The Morgan fingerprint density at radius 3 is 2.57 bits per heavy atom. The second-order valence-electron chi connectivity index (χ2n) is 12.6. The molecule has 3 aromatic heterocycles. The normalized spacial score (nSPS) is 28.2. The zero-order valence-electron chi connectivity index (χ0n) is 24.8. The number of fused-ring (bicyclic) bond motifs is 1. The van der Waals surface area contributed by atoms with E-state index in [1.807, 2.05) is 19.9 Å². The van der Waals surface area contributed by atoms with E-state index in [1.54, 1.807) is 31.4 Å². The Balaban J connectivity index is 1.41. The molecule has 2 aliphatic heterocycles. The van der Waals surface area contributed by atoms with Gasteiger partial charge >= 0.3 is 0 Å². The summed E-state index contributed by atoms with van der Waals surface area (Å²) >= 11 is 1.55. The summed E-state index contributed by atoms with van der Waals surface area (Å²) in [5.41, 5.74) is 2.06. The number of aromatic nitrogens is 4. The minimum Gasteiger partial charge on any atom is -0.390 e. The van der Waals surface area contributed by atoms with Crippen LogP contribution in [0.4, 0.5) is 11.8 Å². The van der Waals surface area contributed by atoms with Crippen molar-refractivity contribution < 1.29 is 24.8 Å². The topological polar surface area (TPSA) is 146 Å². The maximum Gasteiger partial charge on any atom is 0.227 e. The molecule has 0 bridgehead atoms. The third kappa shape index (κ3) is 5.97. The minimum atomic E-state index is -1.15. The summed E-state index contributed by atoms with van der Waals surface area (Å²) in [5.74, 6) is 1.03. The Labute approximate surface area is 250 Å². The predicted molar refractivity (Wildman–Crippen MR) is 162 cm³/mol. The molecule has 6 atom stereocenters. The third-order valence-electron chi connectivity index (χ3n) is 8.93. The molecule has 1 saturated carbocycles. The van der Waals surface area contributed by atoms with Crippen LogP contribution in [0.1, 0.15) is 50.9 Å². The highest BCUT2D eigenvalue weighted by Crippen LogP contribution is 2.40. The van der Waals surface area contributed by atoms with Crippen LogP contribution in [0.5, 0.6) is 0 Å². The molecule has 3 fully saturated rings. The van der Waals surface area contributed by atoms with Crippen LogP contribution in [-0.2, 0) is 9.47 Å². The van der Waals surface area contributed by atoms with Gasteiger partial charge in [0, 0.05) is 44.3 Å². The van der Waals surface area contributed by atoms with Crippen molar-refractivity contribution in [2.45, 2.75) is 83.3 Å². The summed E-state index contributed by atoms with van der Waals surface area (Å²) in [6.07, 6.45) is 3.19. The number of ether oxygens (including phenoxy) is 2. The fraction of sp³-hybridized carbons (Fsp3) is 0.667. The van der Waals surface area contributed by atoms with Gasteiger partial charge in [-0.25, -0.2) is 9.97 Å². The number of hydrogen-bond donors (Lipinski definition) is 4. The van der Waals surface area contributed by atoms with Crippen LogP contribution in [0, 0.1) is 25.7 Å². The average Bonchev–Trinajstić information content (AvgIpc) is 3.74. The Kier molecular flexibility index (Phi) is 8.38. The van der Waals surface area contributed by atoms with E-state index in [4.69, 9.17) is 24.4 Å². The number of nitrogens with zero attached hydrogens (tertiary/aromatic N) is 5. The molecule has 0 radical (unpaired) electrons. The first-order chi connectivity index (χ1) is 20.1. The fourth-order valence-electron chi connectivity index (χ4n) is 6.51. The van der Waals surface area contributed by atoms with Gasteiger partial charge in [0.15, 0.2) is 0 Å². The SMILES string of the molecule is Cc1nc(N(CC2CCOC2)CC2CCCO2)nc(N[C@@H]2C[C@H](C(C)(C)O)[C@@H](O)[C@H]2O)c1-c1nc2c(C)nccc2s1. The van der Waals surface area contributed by atoms with Gasteiger partial charge in [0.05, 0.1) is 52.1 Å². The highest BCUT2D eigenvalue weighted by Gasteiger charge is 2.48. The van der Waals surface area contributed by atoms with Gasteiger partial charge in [0.2, 0.25) is 5.95 Å². The first-order valence-corrected chi connectivity index (χ1v) is 15.8. The molecule has 3 aromatic rings. The van der Waals surface area contributed by atoms with E-state index in [1.165, 1.54) is 0 Å². The number of aliphatic hydroxyl groups is 3. The predicted octanol–water partition coefficient (Wildman–Crippen LogP) is 3.08. The number of hydrogen-bond acceptors (Lipinski definition) is 12. The van der Waals surface area contributed by atoms with Crippen LogP contribution >= 0.6 is 11.3 Å². The van der Waals surface area contributed by atoms with Gasteiger partial charge in [-0.2, -0.15) is 4.98 Å². The number of pyridine rings is 1. The van der Waals surface area contributed by atoms with E-state index in [2.05, 4.69) is 15.2 Å². The van der Waals surface area contributed by atoms with Crippen molar-refractivity contribution in [1.29, 1.82) is 0 Å². The van der Waals surface area contributed by atoms with Crippen molar-refractivity contribution in [3.05, 3.63) is 23.7 Å². The minimum absolute atomic E-state index is 0.117. The third-order valence-corrected chi connectivity index (χ3v) is 9.97. The van der Waals surface area contributed by atoms with Gasteiger partial charge in [0.1, 0.15) is 22.4 Å². The van der Waals surface area contributed by atoms with Crippen LogP contribution in [0.25, 0.3) is 20.8 Å². The summed E-state index contributed by atoms with van der Waals surface area (Å²) in [6, 6.07) is 1.43. The van der Waals surface area contributed by atoms with Crippen LogP contribution in [0.3, 0.4) is 0 Å². The largest absolute Gasteiger partial charge is 0.390 e. The molecule has 0 spiro atoms. The molecule has 228 valence electrons. The Hall–Kier alpha value is -2.48. The number of thiazole rings is 1. The van der Waals surface area contributed by atoms with Crippen molar-refractivity contribution in [2.24, 2.45) is 11.8 Å². The van der Waals surface area contributed by atoms with Crippen LogP contribution in [0.15, 0.2) is 12.3 Å². The monoisotopic (exact) mass is 598 g/mol. The summed E-state index contributed by atoms with van der Waals surface area (Å²) < 4.78 is 12.7. The van der Waals surface area contributed by atoms with E-state index in [0.717, 1.165) is 71.2 Å². The lowest BCUT2D eigenvalue weighted by molar-refractivity contribution is -0.0601. The van der Waals surface area contributed by atoms with E-state index in [9.17, 15) is 15.3 Å². The van der Waals surface area contributed by atoms with Crippen molar-refractivity contribution in [3.63, 3.8) is 0 Å². The number of rotatable bonds is 9. The molecular formula is C30H42N6O5S. The molecule has 6 rings (SSSR count). The van der Waals surface area contributed by atoms with Gasteiger partial charge < -0.3 is 35.0 Å². The van der Waals surface area contributed by atoms with Crippen molar-refractivity contribution in [3.8, 4) is 10.6 Å². The maximum atomic E-state index is 11.1. The molecular weight excluding hydrogens is 556 g/mol. The molecule has 42 heavy (non-hydrogen) atoms. The second-order valence-corrected chi connectivity index (χ2v) is 13.6. The van der Waals surface area contributed by atoms with Crippen molar-refractivity contribution in [1.82, 2.24) is 19.9 Å². The molecule has 2 saturated heterocycles. The number of aliphatic hydroxyl groups excluding tert-OH is 2. The van der Waals surface area contributed by atoms with Gasteiger partial charge in [-0.15, -0.1) is 11.3 Å². The number of nitrogens with one attached hydrogen (secondary N) is 1. The Bertz CT molecular complexity index is 1380. The van der Waals surface area contributed by atoms with E-state index >= 15 is 0 Å². The number of anilines is 2. The molecule has 12 heteroatoms. The summed E-state index contributed by atoms with van der Waals surface area (Å²) in [7, 11) is 0. The molecule has 2 unspecified atom stereocenters. The highest BCUT2D eigenvalue weighted by atomic mass is 32.1. The first-order valence-electron chi connectivity index (χ1n) is 15.0. The zero-order valence-corrected chi connectivity index (χ0v) is 25.6. The summed E-state index contributed by atoms with van der Waals surface area (Å²) in [5, 5.41) is 36.8. The molecule has 1 aliphatic carbocycles. The summed E-state index contributed by atoms with van der Waals surface area (Å²) in [6.45, 7) is 10.9. The molecule has 5 heterocycles. The lowest BCUT2D eigenvalue weighted by Crippen LogP contribution is -2.40. The number of aryl methyl sites for hydroxylation is 2. The molecule has 0 amide bonds. The standard InChI is InChI=1S/C30H42N6O5S/c1-16-23(28-34-24-17(2)31-9-7-22(24)42-28)27(33-21-12-20(30(3,4)39)25(37)26(21)38)35-29(32-16)36(13-18-8-11-40-15-18)14-19-6-5-10-41-19/h7,9,18-21,25-26,37-39H,5-6,8,10-15H2,1-4H3,(H,32,33,35)/t18?,19?,20-,21+,25+,26-/m0/s1. The molecule has 11 nitrogen and oxygen atoms in total. The van der Waals surface area contributed by atoms with Gasteiger partial charge in [0.25, 0.3) is 0 Å². The van der Waals surface area contributed by atoms with Crippen LogP contribution in [-0.4, -0.2) is 98.1 Å². The zero-order chi connectivity index (χ0) is 29.6. The second kappa shape index (κ2) is 11.9. The van der Waals surface area contributed by atoms with Crippen LogP contribution in [0.2, 0.25) is 0 Å². The van der Waals surface area contributed by atoms with Crippen LogP contribution < -0.4 is 10.2 Å². The quantitative estimate of drug-likeness (QED) is 0.288. The Morgan fingerprint density at radius 1 is 1.07 bits per heavy atom. The Morgan fingerprint density at radius 2 is 1.90 bits per heavy atom. The molecule has 4 N–H and O–H groups in total. The molecule has 3 aliphatic rings. The van der Waals surface area contributed by atoms with E-state index < -0.39 is 29.8 Å². The fourth-order valence-corrected chi connectivity index (χ4v) is 7.63. The van der Waals surface area contributed by atoms with E-state index in [0.29, 0.717) is 37.3 Å². The lowest BCUT2D eigenvalue weighted by Gasteiger charge is -2.29. The van der Waals surface area contributed by atoms with Gasteiger partial charge in [-0.3, -0.25) is 4.98 Å². The van der Waals surface area contributed by atoms with Gasteiger partial charge in [-0.1, -0.05) is 0 Å².